The van der Waals surface area contributed by atoms with E-state index in [9.17, 15) is 14.4 Å². The van der Waals surface area contributed by atoms with E-state index in [4.69, 9.17) is 4.74 Å². The number of nitrogens with zero attached hydrogens (tertiary/aromatic N) is 2. The Hall–Kier alpha value is -2.45. The summed E-state index contributed by atoms with van der Waals surface area (Å²) < 4.78 is 9.10. The van der Waals surface area contributed by atoms with E-state index in [-0.39, 0.29) is 18.0 Å². The van der Waals surface area contributed by atoms with Crippen molar-refractivity contribution in [2.75, 3.05) is 20.2 Å². The second-order valence-corrected chi connectivity index (χ2v) is 8.45. The van der Waals surface area contributed by atoms with Crippen LogP contribution < -0.4 is 16.3 Å². The summed E-state index contributed by atoms with van der Waals surface area (Å²) in [6, 6.07) is 5.26. The maximum Gasteiger partial charge on any atom is 0.329 e. The Morgan fingerprint density at radius 1 is 1.23 bits per heavy atom. The number of imide groups is 1. The van der Waals surface area contributed by atoms with Crippen LogP contribution in [0.15, 0.2) is 23.0 Å². The van der Waals surface area contributed by atoms with Crippen molar-refractivity contribution >= 4 is 22.8 Å². The van der Waals surface area contributed by atoms with Crippen LogP contribution >= 0.6 is 0 Å². The predicted molar refractivity (Wildman–Crippen MR) is 113 cm³/mol. The van der Waals surface area contributed by atoms with E-state index in [1.807, 2.05) is 19.2 Å². The molecule has 2 heterocycles. The van der Waals surface area contributed by atoms with Gasteiger partial charge in [-0.1, -0.05) is 12.1 Å². The average Bonchev–Trinajstić information content (AvgIpc) is 2.94. The second kappa shape index (κ2) is 8.73. The normalized spacial score (nSPS) is 24.1. The lowest BCUT2D eigenvalue weighted by Gasteiger charge is -2.35. The summed E-state index contributed by atoms with van der Waals surface area (Å²) in [4.78, 5) is 36.9. The van der Waals surface area contributed by atoms with Gasteiger partial charge >= 0.3 is 5.69 Å². The third-order valence-corrected chi connectivity index (χ3v) is 6.33. The third kappa shape index (κ3) is 3.94. The molecular weight excluding hydrogens is 384 g/mol. The molecule has 2 amide bonds. The topological polar surface area (TPSA) is 94.4 Å². The summed E-state index contributed by atoms with van der Waals surface area (Å²) >= 11 is 0. The van der Waals surface area contributed by atoms with Gasteiger partial charge in [-0.15, -0.1) is 0 Å². The van der Waals surface area contributed by atoms with Gasteiger partial charge in [0.25, 0.3) is 0 Å². The van der Waals surface area contributed by atoms with E-state index in [0.29, 0.717) is 18.4 Å². The standard InChI is InChI=1S/C22H30N4O4/c1-23-9-4-10-30-16-12-14(13-16)11-15-5-3-6-17-20(15)25(2)22(29)26(17)18-7-8-19(27)24-21(18)28/h3,5-6,14,16,18,23H,4,7-13H2,1-2H3,(H,24,27,28)/t14-,16-,18?. The molecule has 30 heavy (non-hydrogen) atoms. The van der Waals surface area contributed by atoms with Gasteiger partial charge in [-0.05, 0) is 63.2 Å². The lowest BCUT2D eigenvalue weighted by atomic mass is 9.78. The van der Waals surface area contributed by atoms with Crippen LogP contribution in [0.2, 0.25) is 0 Å². The van der Waals surface area contributed by atoms with Gasteiger partial charge < -0.3 is 10.1 Å². The Labute approximate surface area is 175 Å². The minimum absolute atomic E-state index is 0.216. The molecule has 2 aliphatic rings. The average molecular weight is 415 g/mol. The van der Waals surface area contributed by atoms with E-state index in [2.05, 4.69) is 16.7 Å². The summed E-state index contributed by atoms with van der Waals surface area (Å²) in [6.07, 6.45) is 4.92. The number of hydrogen-bond acceptors (Lipinski definition) is 5. The highest BCUT2D eigenvalue weighted by Crippen LogP contribution is 2.35. The van der Waals surface area contributed by atoms with Crippen molar-refractivity contribution in [1.29, 1.82) is 0 Å². The molecule has 2 aromatic rings. The number of amides is 2. The zero-order chi connectivity index (χ0) is 21.3. The number of nitrogens with one attached hydrogen (secondary N) is 2. The number of aromatic nitrogens is 2. The van der Waals surface area contributed by atoms with E-state index in [1.165, 1.54) is 0 Å². The number of imidazole rings is 1. The molecule has 1 saturated carbocycles. The molecule has 2 N–H and O–H groups in total. The Morgan fingerprint density at radius 3 is 2.77 bits per heavy atom. The van der Waals surface area contributed by atoms with Gasteiger partial charge in [0, 0.05) is 20.1 Å². The van der Waals surface area contributed by atoms with Crippen molar-refractivity contribution < 1.29 is 14.3 Å². The van der Waals surface area contributed by atoms with Crippen molar-refractivity contribution in [1.82, 2.24) is 19.8 Å². The van der Waals surface area contributed by atoms with Gasteiger partial charge in [0.2, 0.25) is 11.8 Å². The number of fused-ring (bicyclic) bond motifs is 1. The van der Waals surface area contributed by atoms with Crippen LogP contribution in [-0.4, -0.2) is 47.3 Å². The summed E-state index contributed by atoms with van der Waals surface area (Å²) in [5.41, 5.74) is 2.54. The van der Waals surface area contributed by atoms with Crippen LogP contribution in [0, 0.1) is 5.92 Å². The quantitative estimate of drug-likeness (QED) is 0.501. The SMILES string of the molecule is CNCCCO[C@H]1C[C@H](Cc2cccc3c2n(C)c(=O)n3C2CCC(=O)NC2=O)C1. The molecule has 8 heteroatoms. The highest BCUT2D eigenvalue weighted by molar-refractivity contribution is 6.00. The van der Waals surface area contributed by atoms with Crippen LogP contribution in [0.5, 0.6) is 0 Å². The molecule has 0 radical (unpaired) electrons. The second-order valence-electron chi connectivity index (χ2n) is 8.45. The smallest absolute Gasteiger partial charge is 0.329 e. The molecule has 2 fully saturated rings. The third-order valence-electron chi connectivity index (χ3n) is 6.33. The molecular formula is C22H30N4O4. The summed E-state index contributed by atoms with van der Waals surface area (Å²) in [7, 11) is 3.70. The van der Waals surface area contributed by atoms with E-state index < -0.39 is 11.9 Å². The molecule has 0 bridgehead atoms. The van der Waals surface area contributed by atoms with Crippen LogP contribution in [-0.2, 0) is 27.8 Å². The first-order valence-electron chi connectivity index (χ1n) is 10.8. The van der Waals surface area contributed by atoms with Gasteiger partial charge in [-0.2, -0.15) is 0 Å². The Balaban J connectivity index is 1.51. The summed E-state index contributed by atoms with van der Waals surface area (Å²) in [6.45, 7) is 1.76. The zero-order valence-electron chi connectivity index (χ0n) is 17.6. The number of rotatable bonds is 8. The molecule has 1 aromatic heterocycles. The van der Waals surface area contributed by atoms with Crippen LogP contribution in [0.4, 0.5) is 0 Å². The largest absolute Gasteiger partial charge is 0.378 e. The number of benzene rings is 1. The molecule has 1 aliphatic heterocycles. The fourth-order valence-electron chi connectivity index (χ4n) is 4.70. The monoisotopic (exact) mass is 414 g/mol. The van der Waals surface area contributed by atoms with Crippen LogP contribution in [0.1, 0.15) is 43.7 Å². The van der Waals surface area contributed by atoms with Gasteiger partial charge in [0.15, 0.2) is 0 Å². The first kappa shape index (κ1) is 20.8. The van der Waals surface area contributed by atoms with Crippen molar-refractivity contribution in [3.05, 3.63) is 34.2 Å². The molecule has 1 aliphatic carbocycles. The fourth-order valence-corrected chi connectivity index (χ4v) is 4.70. The number of piperidine rings is 1. The van der Waals surface area contributed by atoms with Gasteiger partial charge in [0.05, 0.1) is 17.1 Å². The molecule has 1 aromatic carbocycles. The Kier molecular flexibility index (Phi) is 6.06. The van der Waals surface area contributed by atoms with Crippen molar-refractivity contribution in [3.8, 4) is 0 Å². The number of aryl methyl sites for hydroxylation is 1. The van der Waals surface area contributed by atoms with Crippen LogP contribution in [0.3, 0.4) is 0 Å². The summed E-state index contributed by atoms with van der Waals surface area (Å²) in [5, 5.41) is 5.48. The van der Waals surface area contributed by atoms with E-state index in [0.717, 1.165) is 55.4 Å². The first-order chi connectivity index (χ1) is 14.5. The van der Waals surface area contributed by atoms with Crippen molar-refractivity contribution in [2.24, 2.45) is 13.0 Å². The maximum absolute atomic E-state index is 13.0. The van der Waals surface area contributed by atoms with E-state index in [1.54, 1.807) is 16.2 Å². The van der Waals surface area contributed by atoms with Crippen molar-refractivity contribution in [2.45, 2.75) is 50.7 Å². The molecule has 1 atom stereocenters. The molecule has 162 valence electrons. The van der Waals surface area contributed by atoms with Gasteiger partial charge in [-0.25, -0.2) is 4.79 Å². The Morgan fingerprint density at radius 2 is 2.03 bits per heavy atom. The highest BCUT2D eigenvalue weighted by Gasteiger charge is 2.33. The fraction of sp³-hybridized carbons (Fsp3) is 0.591. The minimum Gasteiger partial charge on any atom is -0.378 e. The molecule has 4 rings (SSSR count). The minimum atomic E-state index is -0.645. The number of carbonyl (C=O) groups excluding carboxylic acids is 2. The molecule has 1 unspecified atom stereocenters. The zero-order valence-corrected chi connectivity index (χ0v) is 17.6. The number of hydrogen-bond donors (Lipinski definition) is 2. The first-order valence-corrected chi connectivity index (χ1v) is 10.8. The lowest BCUT2D eigenvalue weighted by Crippen LogP contribution is -2.44. The number of para-hydroxylation sites is 1. The summed E-state index contributed by atoms with van der Waals surface area (Å²) in [5.74, 6) is -0.139. The Bertz CT molecular complexity index is 1000. The van der Waals surface area contributed by atoms with Crippen LogP contribution in [0.25, 0.3) is 11.0 Å². The molecule has 0 spiro atoms. The highest BCUT2D eigenvalue weighted by atomic mass is 16.5. The van der Waals surface area contributed by atoms with Gasteiger partial charge in [-0.3, -0.25) is 24.0 Å². The lowest BCUT2D eigenvalue weighted by molar-refractivity contribution is -0.135. The maximum atomic E-state index is 13.0. The molecule has 8 nitrogen and oxygen atoms in total. The molecule has 1 saturated heterocycles. The predicted octanol–water partition coefficient (Wildman–Crippen LogP) is 1.26. The van der Waals surface area contributed by atoms with Crippen molar-refractivity contribution in [3.63, 3.8) is 0 Å². The number of ether oxygens (including phenoxy) is 1. The van der Waals surface area contributed by atoms with Gasteiger partial charge in [0.1, 0.15) is 6.04 Å². The number of carbonyl (C=O) groups is 2. The van der Waals surface area contributed by atoms with E-state index >= 15 is 0 Å².